The average Bonchev–Trinajstić information content (AvgIpc) is 3.03. The third-order valence-corrected chi connectivity index (χ3v) is 13.9. The van der Waals surface area contributed by atoms with Gasteiger partial charge in [0.25, 0.3) is 6.71 Å². The number of nitrogens with zero attached hydrogens (tertiary/aromatic N) is 1. The molecule has 0 amide bonds. The minimum atomic E-state index is -1.90. The van der Waals surface area contributed by atoms with Gasteiger partial charge in [-0.3, -0.25) is 0 Å². The standard InChI is InChI=1S/C42H46BNOSi/c1-26(2)30-23-32(27(3)4)42(33(24-30)28(5)6)43-34-14-10-12-16-38(34)45-39-21-19-31(25-35(39)43)44-36-15-11-13-17-40(36)46(8,9)41-22-29(7)18-20-37(41)44/h10-28H,1-9H3. The first-order valence-corrected chi connectivity index (χ1v) is 20.1. The molecule has 0 aliphatic carbocycles. The highest BCUT2D eigenvalue weighted by Gasteiger charge is 2.40. The van der Waals surface area contributed by atoms with Gasteiger partial charge in [0.1, 0.15) is 19.6 Å². The number of para-hydroxylation sites is 2. The molecule has 2 aliphatic heterocycles. The number of hydrogen-bond acceptors (Lipinski definition) is 2. The van der Waals surface area contributed by atoms with Crippen molar-refractivity contribution in [2.75, 3.05) is 4.90 Å². The Kier molecular flexibility index (Phi) is 7.55. The van der Waals surface area contributed by atoms with Crippen molar-refractivity contribution < 1.29 is 4.74 Å². The fourth-order valence-corrected chi connectivity index (χ4v) is 10.9. The largest absolute Gasteiger partial charge is 0.458 e. The third kappa shape index (κ3) is 4.84. The van der Waals surface area contributed by atoms with Crippen LogP contribution in [0.15, 0.2) is 97.1 Å². The lowest BCUT2D eigenvalue weighted by Gasteiger charge is -2.41. The molecule has 0 radical (unpaired) electrons. The van der Waals surface area contributed by atoms with Crippen LogP contribution in [0.25, 0.3) is 0 Å². The van der Waals surface area contributed by atoms with Gasteiger partial charge in [-0.25, -0.2) is 0 Å². The average molecular weight is 620 g/mol. The number of benzene rings is 5. The summed E-state index contributed by atoms with van der Waals surface area (Å²) in [6.45, 7) is 21.3. The summed E-state index contributed by atoms with van der Waals surface area (Å²) >= 11 is 0. The lowest BCUT2D eigenvalue weighted by molar-refractivity contribution is 0.487. The van der Waals surface area contributed by atoms with Crippen LogP contribution in [0.4, 0.5) is 17.1 Å². The Morgan fingerprint density at radius 3 is 1.93 bits per heavy atom. The van der Waals surface area contributed by atoms with Gasteiger partial charge in [-0.15, -0.1) is 0 Å². The maximum atomic E-state index is 6.71. The molecular weight excluding hydrogens is 573 g/mol. The van der Waals surface area contributed by atoms with Gasteiger partial charge in [0.2, 0.25) is 0 Å². The van der Waals surface area contributed by atoms with Crippen molar-refractivity contribution in [3.05, 3.63) is 119 Å². The van der Waals surface area contributed by atoms with Gasteiger partial charge in [-0.2, -0.15) is 0 Å². The van der Waals surface area contributed by atoms with Crippen molar-refractivity contribution in [1.29, 1.82) is 0 Å². The first-order valence-electron chi connectivity index (χ1n) is 17.1. The molecule has 0 fully saturated rings. The number of ether oxygens (including phenoxy) is 1. The lowest BCUT2D eigenvalue weighted by atomic mass is 9.34. The molecule has 46 heavy (non-hydrogen) atoms. The highest BCUT2D eigenvalue weighted by molar-refractivity contribution is 7.02. The van der Waals surface area contributed by atoms with Crippen molar-refractivity contribution in [3.63, 3.8) is 0 Å². The van der Waals surface area contributed by atoms with Crippen LogP contribution in [0.2, 0.25) is 13.1 Å². The normalized spacial score (nSPS) is 14.6. The number of hydrogen-bond donors (Lipinski definition) is 0. The molecule has 5 aromatic carbocycles. The summed E-state index contributed by atoms with van der Waals surface area (Å²) in [4.78, 5) is 2.51. The van der Waals surface area contributed by atoms with Crippen LogP contribution in [0.5, 0.6) is 11.5 Å². The molecule has 0 unspecified atom stereocenters. The molecule has 0 N–H and O–H groups in total. The van der Waals surface area contributed by atoms with Crippen molar-refractivity contribution >= 4 is 58.6 Å². The van der Waals surface area contributed by atoms with E-state index in [1.807, 2.05) is 0 Å². The highest BCUT2D eigenvalue weighted by atomic mass is 28.3. The molecule has 5 aromatic rings. The van der Waals surface area contributed by atoms with E-state index in [4.69, 9.17) is 4.74 Å². The van der Waals surface area contributed by atoms with E-state index in [1.54, 1.807) is 0 Å². The molecule has 2 aliphatic rings. The quantitative estimate of drug-likeness (QED) is 0.179. The Hall–Kier alpha value is -4.02. The molecule has 0 bridgehead atoms. The van der Waals surface area contributed by atoms with Gasteiger partial charge in [0.15, 0.2) is 0 Å². The summed E-state index contributed by atoms with van der Waals surface area (Å²) in [5.74, 6) is 3.17. The molecule has 2 heterocycles. The maximum absolute atomic E-state index is 6.71. The summed E-state index contributed by atoms with van der Waals surface area (Å²) in [7, 11) is -1.90. The van der Waals surface area contributed by atoms with Crippen LogP contribution in [-0.4, -0.2) is 14.8 Å². The van der Waals surface area contributed by atoms with Crippen LogP contribution >= 0.6 is 0 Å². The van der Waals surface area contributed by atoms with Crippen LogP contribution in [0.3, 0.4) is 0 Å². The first kappa shape index (κ1) is 30.6. The highest BCUT2D eigenvalue weighted by Crippen LogP contribution is 2.40. The van der Waals surface area contributed by atoms with E-state index < -0.39 is 8.07 Å². The van der Waals surface area contributed by atoms with Crippen LogP contribution in [0.1, 0.15) is 81.5 Å². The minimum Gasteiger partial charge on any atom is -0.458 e. The fraction of sp³-hybridized carbons (Fsp3) is 0.286. The number of fused-ring (bicyclic) bond motifs is 4. The van der Waals surface area contributed by atoms with Crippen LogP contribution < -0.4 is 36.4 Å². The number of aryl methyl sites for hydroxylation is 1. The molecule has 0 aromatic heterocycles. The van der Waals surface area contributed by atoms with E-state index in [0.717, 1.165) is 11.5 Å². The third-order valence-electron chi connectivity index (χ3n) is 10.4. The second kappa shape index (κ2) is 11.3. The summed E-state index contributed by atoms with van der Waals surface area (Å²) in [6, 6.07) is 36.7. The molecule has 0 spiro atoms. The van der Waals surface area contributed by atoms with Crippen molar-refractivity contribution in [2.24, 2.45) is 0 Å². The second-order valence-corrected chi connectivity index (χ2v) is 19.2. The lowest BCUT2D eigenvalue weighted by Crippen LogP contribution is -2.59. The molecule has 7 rings (SSSR count). The monoisotopic (exact) mass is 619 g/mol. The van der Waals surface area contributed by atoms with Gasteiger partial charge in [-0.05, 0) is 99.1 Å². The zero-order chi connectivity index (χ0) is 32.5. The topological polar surface area (TPSA) is 12.5 Å². The van der Waals surface area contributed by atoms with Crippen molar-refractivity contribution in [2.45, 2.75) is 79.3 Å². The smallest absolute Gasteiger partial charge is 0.251 e. The first-order chi connectivity index (χ1) is 22.0. The number of anilines is 3. The molecule has 4 heteroatoms. The Bertz CT molecular complexity index is 1940. The molecular formula is C42H46BNOSi. The van der Waals surface area contributed by atoms with Gasteiger partial charge in [0, 0.05) is 17.1 Å². The molecule has 0 atom stereocenters. The van der Waals surface area contributed by atoms with Gasteiger partial charge < -0.3 is 9.64 Å². The van der Waals surface area contributed by atoms with E-state index in [9.17, 15) is 0 Å². The fourth-order valence-electron chi connectivity index (χ4n) is 7.84. The van der Waals surface area contributed by atoms with Crippen LogP contribution in [-0.2, 0) is 0 Å². The molecule has 2 nitrogen and oxygen atoms in total. The zero-order valence-electron chi connectivity index (χ0n) is 28.9. The zero-order valence-corrected chi connectivity index (χ0v) is 29.9. The maximum Gasteiger partial charge on any atom is 0.251 e. The van der Waals surface area contributed by atoms with Gasteiger partial charge in [-0.1, -0.05) is 126 Å². The summed E-state index contributed by atoms with van der Waals surface area (Å²) < 4.78 is 6.71. The van der Waals surface area contributed by atoms with E-state index >= 15 is 0 Å². The van der Waals surface area contributed by atoms with E-state index in [2.05, 4.69) is 164 Å². The second-order valence-electron chi connectivity index (χ2n) is 14.9. The van der Waals surface area contributed by atoms with Gasteiger partial charge in [0.05, 0.1) is 0 Å². The molecule has 232 valence electrons. The Labute approximate surface area is 277 Å². The minimum absolute atomic E-state index is 0.0688. The van der Waals surface area contributed by atoms with Crippen LogP contribution in [0, 0.1) is 6.92 Å². The Morgan fingerprint density at radius 1 is 0.609 bits per heavy atom. The summed E-state index contributed by atoms with van der Waals surface area (Å²) in [5, 5.41) is 2.98. The van der Waals surface area contributed by atoms with Gasteiger partial charge >= 0.3 is 0 Å². The molecule has 0 saturated heterocycles. The van der Waals surface area contributed by atoms with Crippen molar-refractivity contribution in [3.8, 4) is 11.5 Å². The number of rotatable bonds is 5. The van der Waals surface area contributed by atoms with E-state index in [-0.39, 0.29) is 6.71 Å². The predicted octanol–water partition coefficient (Wildman–Crippen LogP) is 8.59. The predicted molar refractivity (Wildman–Crippen MR) is 202 cm³/mol. The Balaban J connectivity index is 1.51. The molecule has 0 saturated carbocycles. The van der Waals surface area contributed by atoms with Crippen molar-refractivity contribution in [1.82, 2.24) is 0 Å². The van der Waals surface area contributed by atoms with E-state index in [0.29, 0.717) is 17.8 Å². The Morgan fingerprint density at radius 2 is 1.24 bits per heavy atom. The SMILES string of the molecule is Cc1ccc2c(c1)[Si](C)(C)c1ccccc1N2c1ccc2c(c1)B(c1c(C(C)C)cc(C(C)C)cc1C(C)C)c1ccccc1O2. The summed E-state index contributed by atoms with van der Waals surface area (Å²) in [5.41, 5.74) is 13.4. The summed E-state index contributed by atoms with van der Waals surface area (Å²) in [6.07, 6.45) is 0. The van der Waals surface area contributed by atoms with E-state index in [1.165, 1.54) is 66.1 Å².